The lowest BCUT2D eigenvalue weighted by molar-refractivity contribution is 0.0955. The second kappa shape index (κ2) is 6.63. The molecule has 0 aliphatic heterocycles. The first kappa shape index (κ1) is 16.3. The predicted octanol–water partition coefficient (Wildman–Crippen LogP) is 5.04. The first-order valence-electron chi connectivity index (χ1n) is 7.67. The quantitative estimate of drug-likeness (QED) is 0.533. The molecule has 0 spiro atoms. The lowest BCUT2D eigenvalue weighted by Gasteiger charge is -2.03. The van der Waals surface area contributed by atoms with Gasteiger partial charge in [-0.3, -0.25) is 4.79 Å². The number of fused-ring (bicyclic) bond motifs is 1. The molecule has 1 amide bonds. The summed E-state index contributed by atoms with van der Waals surface area (Å²) in [5.41, 5.74) is 1.83. The third-order valence-electron chi connectivity index (χ3n) is 3.84. The van der Waals surface area contributed by atoms with Crippen LogP contribution in [0.4, 0.5) is 0 Å². The number of rotatable bonds is 4. The Morgan fingerprint density at radius 2 is 2.08 bits per heavy atom. The molecule has 1 aromatic carbocycles. The van der Waals surface area contributed by atoms with Crippen LogP contribution < -0.4 is 5.32 Å². The molecule has 0 atom stereocenters. The molecule has 0 radical (unpaired) electrons. The maximum absolute atomic E-state index is 12.5. The summed E-state index contributed by atoms with van der Waals surface area (Å²) in [6.07, 6.45) is 0. The van der Waals surface area contributed by atoms with Gasteiger partial charge in [-0.25, -0.2) is 4.68 Å². The molecule has 1 N–H and O–H groups in total. The van der Waals surface area contributed by atoms with Gasteiger partial charge in [-0.15, -0.1) is 22.7 Å². The minimum Gasteiger partial charge on any atom is -0.346 e. The van der Waals surface area contributed by atoms with Gasteiger partial charge in [0.2, 0.25) is 0 Å². The smallest absolute Gasteiger partial charge is 0.261 e. The highest BCUT2D eigenvalue weighted by molar-refractivity contribution is 7.20. The zero-order chi connectivity index (χ0) is 17.4. The fourth-order valence-corrected chi connectivity index (χ4v) is 4.45. The first-order chi connectivity index (χ1) is 12.1. The number of thiophene rings is 2. The summed E-state index contributed by atoms with van der Waals surface area (Å²) in [5, 5.41) is 11.3. The molecule has 3 aromatic heterocycles. The number of nitrogens with one attached hydrogen (secondary N) is 1. The summed E-state index contributed by atoms with van der Waals surface area (Å²) in [6, 6.07) is 13.4. The molecule has 25 heavy (non-hydrogen) atoms. The zero-order valence-corrected chi connectivity index (χ0v) is 15.7. The number of benzene rings is 1. The Kier molecular flexibility index (Phi) is 4.33. The van der Waals surface area contributed by atoms with E-state index < -0.39 is 0 Å². The van der Waals surface area contributed by atoms with E-state index in [2.05, 4.69) is 10.4 Å². The van der Waals surface area contributed by atoms with Crippen LogP contribution >= 0.6 is 34.3 Å². The van der Waals surface area contributed by atoms with Crippen LogP contribution in [0.25, 0.3) is 15.9 Å². The van der Waals surface area contributed by atoms with Gasteiger partial charge < -0.3 is 5.32 Å². The lowest BCUT2D eigenvalue weighted by Crippen LogP contribution is -2.21. The van der Waals surface area contributed by atoms with Crippen LogP contribution in [0.3, 0.4) is 0 Å². The number of nitrogens with zero attached hydrogens (tertiary/aromatic N) is 2. The second-order valence-electron chi connectivity index (χ2n) is 5.57. The second-order valence-corrected chi connectivity index (χ2v) is 8.06. The van der Waals surface area contributed by atoms with Crippen LogP contribution in [-0.2, 0) is 6.54 Å². The van der Waals surface area contributed by atoms with Crippen LogP contribution in [0.1, 0.15) is 20.2 Å². The Balaban J connectivity index is 1.64. The van der Waals surface area contributed by atoms with Crippen molar-refractivity contribution in [1.29, 1.82) is 0 Å². The van der Waals surface area contributed by atoms with Gasteiger partial charge in [0.1, 0.15) is 4.83 Å². The fourth-order valence-electron chi connectivity index (χ4n) is 2.58. The van der Waals surface area contributed by atoms with E-state index in [1.165, 1.54) is 11.3 Å². The summed E-state index contributed by atoms with van der Waals surface area (Å²) in [5.74, 6) is -0.0587. The first-order valence-corrected chi connectivity index (χ1v) is 9.75. The molecule has 0 aliphatic rings. The molecule has 0 bridgehead atoms. The number of aromatic nitrogens is 2. The van der Waals surface area contributed by atoms with Gasteiger partial charge in [-0.1, -0.05) is 17.7 Å². The number of hydrogen-bond donors (Lipinski definition) is 1. The van der Waals surface area contributed by atoms with Crippen molar-refractivity contribution in [3.8, 4) is 5.69 Å². The van der Waals surface area contributed by atoms with Crippen LogP contribution in [0, 0.1) is 6.92 Å². The van der Waals surface area contributed by atoms with E-state index in [1.807, 2.05) is 59.5 Å². The van der Waals surface area contributed by atoms with E-state index in [0.29, 0.717) is 16.4 Å². The number of aryl methyl sites for hydroxylation is 1. The molecular weight excluding hydrogens is 374 g/mol. The monoisotopic (exact) mass is 387 g/mol. The Morgan fingerprint density at radius 1 is 1.28 bits per heavy atom. The van der Waals surface area contributed by atoms with E-state index in [9.17, 15) is 4.79 Å². The largest absolute Gasteiger partial charge is 0.346 e. The molecule has 4 nitrogen and oxygen atoms in total. The lowest BCUT2D eigenvalue weighted by atomic mass is 10.3. The topological polar surface area (TPSA) is 46.9 Å². The Bertz CT molecular complexity index is 1030. The number of halogens is 1. The van der Waals surface area contributed by atoms with Gasteiger partial charge in [-0.05, 0) is 48.7 Å². The predicted molar refractivity (Wildman–Crippen MR) is 104 cm³/mol. The van der Waals surface area contributed by atoms with Crippen LogP contribution in [0.5, 0.6) is 0 Å². The minimum atomic E-state index is -0.0587. The van der Waals surface area contributed by atoms with Crippen molar-refractivity contribution in [3.05, 3.63) is 68.3 Å². The van der Waals surface area contributed by atoms with Crippen molar-refractivity contribution in [2.24, 2.45) is 0 Å². The van der Waals surface area contributed by atoms with Crippen molar-refractivity contribution >= 4 is 50.4 Å². The minimum absolute atomic E-state index is 0.0587. The zero-order valence-electron chi connectivity index (χ0n) is 13.3. The van der Waals surface area contributed by atoms with E-state index in [4.69, 9.17) is 11.6 Å². The number of amides is 1. The van der Waals surface area contributed by atoms with Crippen molar-refractivity contribution in [2.75, 3.05) is 0 Å². The third kappa shape index (κ3) is 3.20. The van der Waals surface area contributed by atoms with Gasteiger partial charge in [0, 0.05) is 15.3 Å². The van der Waals surface area contributed by atoms with Gasteiger partial charge in [0.25, 0.3) is 5.91 Å². The molecule has 7 heteroatoms. The molecule has 0 aliphatic carbocycles. The van der Waals surface area contributed by atoms with Crippen molar-refractivity contribution in [3.63, 3.8) is 0 Å². The number of carbonyl (C=O) groups excluding carboxylic acids is 1. The van der Waals surface area contributed by atoms with Gasteiger partial charge in [0.15, 0.2) is 0 Å². The third-order valence-corrected chi connectivity index (χ3v) is 6.08. The average molecular weight is 388 g/mol. The van der Waals surface area contributed by atoms with E-state index in [1.54, 1.807) is 11.3 Å². The van der Waals surface area contributed by atoms with Crippen molar-refractivity contribution in [1.82, 2.24) is 15.1 Å². The fraction of sp³-hybridized carbons (Fsp3) is 0.111. The molecule has 0 saturated carbocycles. The highest BCUT2D eigenvalue weighted by Gasteiger charge is 2.17. The summed E-state index contributed by atoms with van der Waals surface area (Å²) in [4.78, 5) is 15.3. The van der Waals surface area contributed by atoms with Gasteiger partial charge >= 0.3 is 0 Å². The van der Waals surface area contributed by atoms with Gasteiger partial charge in [0.05, 0.1) is 22.8 Å². The molecule has 3 heterocycles. The van der Waals surface area contributed by atoms with E-state index >= 15 is 0 Å². The van der Waals surface area contributed by atoms with E-state index in [-0.39, 0.29) is 5.91 Å². The van der Waals surface area contributed by atoms with E-state index in [0.717, 1.165) is 26.5 Å². The highest BCUT2D eigenvalue weighted by Crippen LogP contribution is 2.30. The van der Waals surface area contributed by atoms with Crippen molar-refractivity contribution < 1.29 is 4.79 Å². The Labute approximate surface area is 157 Å². The maximum Gasteiger partial charge on any atom is 0.261 e. The SMILES string of the molecule is Cc1nn(-c2ccc(Cl)cc2)c2sc(C(=O)NCc3cccs3)cc12. The summed E-state index contributed by atoms with van der Waals surface area (Å²) in [7, 11) is 0. The van der Waals surface area contributed by atoms with Crippen LogP contribution in [0.2, 0.25) is 5.02 Å². The summed E-state index contributed by atoms with van der Waals surface area (Å²) in [6.45, 7) is 2.50. The maximum atomic E-state index is 12.5. The van der Waals surface area contributed by atoms with Crippen LogP contribution in [-0.4, -0.2) is 15.7 Å². The highest BCUT2D eigenvalue weighted by atomic mass is 35.5. The standard InChI is InChI=1S/C18H14ClN3OS2/c1-11-15-9-16(17(23)20-10-14-3-2-8-24-14)25-18(15)22(21-11)13-6-4-12(19)5-7-13/h2-9H,10H2,1H3,(H,20,23). The molecule has 0 fully saturated rings. The molecule has 126 valence electrons. The molecule has 4 aromatic rings. The van der Waals surface area contributed by atoms with Gasteiger partial charge in [-0.2, -0.15) is 5.10 Å². The van der Waals surface area contributed by atoms with Crippen LogP contribution in [0.15, 0.2) is 47.8 Å². The molecule has 4 rings (SSSR count). The summed E-state index contributed by atoms with van der Waals surface area (Å²) < 4.78 is 1.86. The number of carbonyl (C=O) groups is 1. The van der Waals surface area contributed by atoms with Crippen molar-refractivity contribution in [2.45, 2.75) is 13.5 Å². The molecule has 0 unspecified atom stereocenters. The average Bonchev–Trinajstić information content (AvgIpc) is 3.32. The molecular formula is C18H14ClN3OS2. The molecule has 0 saturated heterocycles. The normalized spacial score (nSPS) is 11.1. The summed E-state index contributed by atoms with van der Waals surface area (Å²) >= 11 is 9.05. The Hall–Kier alpha value is -2.15. The number of hydrogen-bond acceptors (Lipinski definition) is 4. The Morgan fingerprint density at radius 3 is 2.80 bits per heavy atom.